The van der Waals surface area contributed by atoms with Crippen LogP contribution in [0.25, 0.3) is 31.9 Å². The molecule has 3 heterocycles. The molecule has 6 nitrogen and oxygen atoms in total. The lowest BCUT2D eigenvalue weighted by Crippen LogP contribution is -2.39. The van der Waals surface area contributed by atoms with E-state index in [0.29, 0.717) is 0 Å². The van der Waals surface area contributed by atoms with Crippen LogP contribution >= 0.6 is 11.3 Å². The summed E-state index contributed by atoms with van der Waals surface area (Å²) >= 11 is 1.70. The quantitative estimate of drug-likeness (QED) is 0.420. The molecular formula is C24H24N6S. The minimum atomic E-state index is 0.176. The molecular weight excluding hydrogens is 404 g/mol. The second-order valence-corrected chi connectivity index (χ2v) is 8.58. The number of thiazole rings is 1. The van der Waals surface area contributed by atoms with Gasteiger partial charge in [0.1, 0.15) is 10.8 Å². The van der Waals surface area contributed by atoms with Crippen molar-refractivity contribution >= 4 is 33.3 Å². The second-order valence-electron chi connectivity index (χ2n) is 7.55. The van der Waals surface area contributed by atoms with Crippen LogP contribution in [-0.4, -0.2) is 39.1 Å². The van der Waals surface area contributed by atoms with Gasteiger partial charge in [0.15, 0.2) is 0 Å². The fraction of sp³-hybridized carbons (Fsp3) is 0.208. The Balaban J connectivity index is 1.50. The van der Waals surface area contributed by atoms with Crippen molar-refractivity contribution in [3.8, 4) is 21.7 Å². The van der Waals surface area contributed by atoms with Crippen LogP contribution in [0.5, 0.6) is 0 Å². The number of anilines is 2. The Morgan fingerprint density at radius 1 is 1.06 bits per heavy atom. The van der Waals surface area contributed by atoms with Crippen molar-refractivity contribution in [3.05, 3.63) is 66.9 Å². The molecule has 0 radical (unpaired) electrons. The minimum absolute atomic E-state index is 0.176. The Labute approximate surface area is 185 Å². The lowest BCUT2D eigenvalue weighted by molar-refractivity contribution is 0.271. The molecule has 0 spiro atoms. The van der Waals surface area contributed by atoms with E-state index in [0.717, 1.165) is 52.5 Å². The Kier molecular flexibility index (Phi) is 5.36. The number of hydrogen-bond donors (Lipinski definition) is 2. The maximum absolute atomic E-state index is 5.94. The van der Waals surface area contributed by atoms with Crippen molar-refractivity contribution in [2.24, 2.45) is 0 Å². The summed E-state index contributed by atoms with van der Waals surface area (Å²) in [6.07, 6.45) is 7.33. The average molecular weight is 429 g/mol. The van der Waals surface area contributed by atoms with Crippen molar-refractivity contribution in [1.82, 2.24) is 19.9 Å². The van der Waals surface area contributed by atoms with E-state index in [9.17, 15) is 0 Å². The molecule has 4 aromatic rings. The van der Waals surface area contributed by atoms with E-state index in [4.69, 9.17) is 10.7 Å². The van der Waals surface area contributed by atoms with Crippen molar-refractivity contribution in [2.75, 3.05) is 24.1 Å². The molecule has 1 aliphatic heterocycles. The highest BCUT2D eigenvalue weighted by atomic mass is 32.1. The molecule has 0 fully saturated rings. The third kappa shape index (κ3) is 4.02. The summed E-state index contributed by atoms with van der Waals surface area (Å²) in [4.78, 5) is 16.0. The average Bonchev–Trinajstić information content (AvgIpc) is 3.48. The molecule has 1 aliphatic rings. The second kappa shape index (κ2) is 8.45. The van der Waals surface area contributed by atoms with Crippen LogP contribution in [0.15, 0.2) is 66.9 Å². The van der Waals surface area contributed by atoms with Crippen molar-refractivity contribution in [3.63, 3.8) is 0 Å². The zero-order chi connectivity index (χ0) is 21.2. The number of aromatic nitrogens is 3. The van der Waals surface area contributed by atoms with E-state index >= 15 is 0 Å². The first-order chi connectivity index (χ1) is 15.2. The van der Waals surface area contributed by atoms with Crippen molar-refractivity contribution in [2.45, 2.75) is 19.5 Å². The van der Waals surface area contributed by atoms with Gasteiger partial charge in [-0.1, -0.05) is 49.4 Å². The lowest BCUT2D eigenvalue weighted by atomic mass is 10.0. The summed E-state index contributed by atoms with van der Waals surface area (Å²) in [6.45, 7) is 4.05. The Bertz CT molecular complexity index is 1210. The highest BCUT2D eigenvalue weighted by Gasteiger charge is 2.20. The van der Waals surface area contributed by atoms with E-state index in [1.54, 1.807) is 17.5 Å². The molecule has 1 unspecified atom stereocenters. The summed E-state index contributed by atoms with van der Waals surface area (Å²) in [5.74, 6) is 1.02. The molecule has 0 aliphatic carbocycles. The van der Waals surface area contributed by atoms with Crippen LogP contribution in [0.4, 0.5) is 11.8 Å². The molecule has 3 N–H and O–H groups in total. The highest BCUT2D eigenvalue weighted by molar-refractivity contribution is 7.21. The molecule has 0 saturated carbocycles. The van der Waals surface area contributed by atoms with Gasteiger partial charge in [-0.3, -0.25) is 4.90 Å². The van der Waals surface area contributed by atoms with Crippen molar-refractivity contribution < 1.29 is 0 Å². The van der Waals surface area contributed by atoms with E-state index < -0.39 is 0 Å². The van der Waals surface area contributed by atoms with Gasteiger partial charge in [-0.05, 0) is 30.2 Å². The largest absolute Gasteiger partial charge is 0.368 e. The number of hydrogen-bond acceptors (Lipinski definition) is 7. The normalized spacial score (nSPS) is 14.9. The fourth-order valence-electron chi connectivity index (χ4n) is 3.89. The predicted octanol–water partition coefficient (Wildman–Crippen LogP) is 5.02. The topological polar surface area (TPSA) is 80.0 Å². The van der Waals surface area contributed by atoms with Gasteiger partial charge in [-0.2, -0.15) is 4.98 Å². The van der Waals surface area contributed by atoms with Crippen LogP contribution in [0, 0.1) is 0 Å². The van der Waals surface area contributed by atoms with Gasteiger partial charge in [0.25, 0.3) is 0 Å². The molecule has 156 valence electrons. The zero-order valence-electron chi connectivity index (χ0n) is 17.3. The molecule has 0 saturated heterocycles. The third-order valence-electron chi connectivity index (χ3n) is 5.50. The van der Waals surface area contributed by atoms with Crippen LogP contribution in [0.2, 0.25) is 0 Å². The maximum Gasteiger partial charge on any atom is 0.221 e. The predicted molar refractivity (Wildman–Crippen MR) is 129 cm³/mol. The van der Waals surface area contributed by atoms with Gasteiger partial charge in [0, 0.05) is 30.4 Å². The highest BCUT2D eigenvalue weighted by Crippen LogP contribution is 2.34. The number of nitrogen functional groups attached to an aromatic ring is 1. The Hall–Kier alpha value is -3.29. The maximum atomic E-state index is 5.94. The van der Waals surface area contributed by atoms with E-state index in [1.165, 1.54) is 4.70 Å². The van der Waals surface area contributed by atoms with Gasteiger partial charge in [-0.25, -0.2) is 9.97 Å². The van der Waals surface area contributed by atoms with E-state index in [2.05, 4.69) is 69.6 Å². The molecule has 31 heavy (non-hydrogen) atoms. The number of para-hydroxylation sites is 1. The Morgan fingerprint density at radius 2 is 1.87 bits per heavy atom. The molecule has 5 rings (SSSR count). The van der Waals surface area contributed by atoms with Gasteiger partial charge in [0.2, 0.25) is 5.95 Å². The number of benzene rings is 2. The lowest BCUT2D eigenvalue weighted by Gasteiger charge is -2.28. The molecule has 0 amide bonds. The van der Waals surface area contributed by atoms with Gasteiger partial charge >= 0.3 is 0 Å². The van der Waals surface area contributed by atoms with Crippen LogP contribution in [0.3, 0.4) is 0 Å². The van der Waals surface area contributed by atoms with Crippen LogP contribution in [-0.2, 0) is 0 Å². The summed E-state index contributed by atoms with van der Waals surface area (Å²) in [5.41, 5.74) is 10.0. The summed E-state index contributed by atoms with van der Waals surface area (Å²) < 4.78 is 1.19. The van der Waals surface area contributed by atoms with Crippen molar-refractivity contribution in [1.29, 1.82) is 0 Å². The minimum Gasteiger partial charge on any atom is -0.368 e. The van der Waals surface area contributed by atoms with Gasteiger partial charge in [0.05, 0.1) is 16.4 Å². The standard InChI is InChI=1S/C24H24N6S/c1-2-21(30-12-5-6-13-30)28-22-18(15-26-24(25)29-22)16-8-7-9-17(14-16)23-27-19-10-3-4-11-20(19)31-23/h3-11,14-15,21H,2,12-13H2,1H3,(H3,25,26,28,29). The summed E-state index contributed by atoms with van der Waals surface area (Å²) in [7, 11) is 0. The molecule has 0 bridgehead atoms. The summed E-state index contributed by atoms with van der Waals surface area (Å²) in [6, 6.07) is 16.6. The number of rotatable bonds is 6. The van der Waals surface area contributed by atoms with E-state index in [-0.39, 0.29) is 12.1 Å². The monoisotopic (exact) mass is 428 g/mol. The Morgan fingerprint density at radius 3 is 2.68 bits per heavy atom. The van der Waals surface area contributed by atoms with Gasteiger partial charge < -0.3 is 11.1 Å². The fourth-order valence-corrected chi connectivity index (χ4v) is 4.85. The van der Waals surface area contributed by atoms with Crippen LogP contribution in [0.1, 0.15) is 13.3 Å². The first-order valence-corrected chi connectivity index (χ1v) is 11.3. The molecule has 2 aromatic heterocycles. The smallest absolute Gasteiger partial charge is 0.221 e. The number of nitrogens with one attached hydrogen (secondary N) is 1. The first kappa shape index (κ1) is 19.7. The number of nitrogens with two attached hydrogens (primary N) is 1. The number of nitrogens with zero attached hydrogens (tertiary/aromatic N) is 4. The third-order valence-corrected chi connectivity index (χ3v) is 6.58. The number of fused-ring (bicyclic) bond motifs is 1. The zero-order valence-corrected chi connectivity index (χ0v) is 18.1. The van der Waals surface area contributed by atoms with Gasteiger partial charge in [-0.15, -0.1) is 11.3 Å². The van der Waals surface area contributed by atoms with Crippen LogP contribution < -0.4 is 11.1 Å². The molecule has 7 heteroatoms. The summed E-state index contributed by atoms with van der Waals surface area (Å²) in [5, 5.41) is 4.60. The van der Waals surface area contributed by atoms with E-state index in [1.807, 2.05) is 18.2 Å². The molecule has 2 aromatic carbocycles. The SMILES string of the molecule is CCC(Nc1nc(N)ncc1-c1cccc(-c2nc3ccccc3s2)c1)N1CC=CC1. The first-order valence-electron chi connectivity index (χ1n) is 10.5. The molecule has 1 atom stereocenters.